The molecule has 3 heteroatoms. The fraction of sp³-hybridized carbons (Fsp3) is 0.200. The van der Waals surface area contributed by atoms with Gasteiger partial charge in [-0.1, -0.05) is 18.2 Å². The Morgan fingerprint density at radius 3 is 2.77 bits per heavy atom. The van der Waals surface area contributed by atoms with Crippen molar-refractivity contribution in [1.82, 2.24) is 4.90 Å². The molecule has 0 saturated heterocycles. The highest BCUT2D eigenvalue weighted by Gasteiger charge is 2.20. The molecule has 1 unspecified atom stereocenters. The molecule has 1 aromatic carbocycles. The molecule has 0 amide bonds. The second-order valence-electron chi connectivity index (χ2n) is 3.07. The zero-order valence-corrected chi connectivity index (χ0v) is 7.47. The molecule has 1 atom stereocenters. The number of anilines is 1. The van der Waals surface area contributed by atoms with Crippen LogP contribution in [0.25, 0.3) is 0 Å². The van der Waals surface area contributed by atoms with E-state index >= 15 is 0 Å². The van der Waals surface area contributed by atoms with Crippen molar-refractivity contribution in [2.45, 2.75) is 6.23 Å². The van der Waals surface area contributed by atoms with E-state index in [4.69, 9.17) is 10.5 Å². The van der Waals surface area contributed by atoms with Gasteiger partial charge >= 0.3 is 0 Å². The van der Waals surface area contributed by atoms with E-state index in [9.17, 15) is 0 Å². The Balaban J connectivity index is 2.31. The van der Waals surface area contributed by atoms with E-state index in [2.05, 4.69) is 0 Å². The standard InChI is InChI=1S/C10H12N2O/c1-12-6-7-13-10(12)8-4-2-3-5-9(8)11/h2-7,10H,11H2,1H3. The summed E-state index contributed by atoms with van der Waals surface area (Å²) in [6.45, 7) is 0. The van der Waals surface area contributed by atoms with Crippen LogP contribution in [0, 0.1) is 0 Å². The average molecular weight is 176 g/mol. The quantitative estimate of drug-likeness (QED) is 0.662. The van der Waals surface area contributed by atoms with Crippen molar-refractivity contribution < 1.29 is 4.74 Å². The predicted octanol–water partition coefficient (Wildman–Crippen LogP) is 1.70. The van der Waals surface area contributed by atoms with Gasteiger partial charge in [0.05, 0.1) is 0 Å². The highest BCUT2D eigenvalue weighted by Crippen LogP contribution is 2.29. The first-order valence-corrected chi connectivity index (χ1v) is 4.17. The normalized spacial score (nSPS) is 20.4. The Kier molecular flexibility index (Phi) is 1.85. The number of nitrogens with two attached hydrogens (primary N) is 1. The predicted molar refractivity (Wildman–Crippen MR) is 51.6 cm³/mol. The molecule has 68 valence electrons. The lowest BCUT2D eigenvalue weighted by Gasteiger charge is -2.21. The van der Waals surface area contributed by atoms with Crippen molar-refractivity contribution in [1.29, 1.82) is 0 Å². The van der Waals surface area contributed by atoms with Crippen LogP contribution in [0.15, 0.2) is 36.7 Å². The largest absolute Gasteiger partial charge is 0.472 e. The van der Waals surface area contributed by atoms with Crippen LogP contribution in [0.4, 0.5) is 5.69 Å². The maximum atomic E-state index is 5.83. The van der Waals surface area contributed by atoms with Crippen molar-refractivity contribution in [3.05, 3.63) is 42.3 Å². The molecule has 0 spiro atoms. The molecule has 0 fully saturated rings. The summed E-state index contributed by atoms with van der Waals surface area (Å²) in [7, 11) is 1.96. The topological polar surface area (TPSA) is 38.5 Å². The lowest BCUT2D eigenvalue weighted by atomic mass is 10.1. The summed E-state index contributed by atoms with van der Waals surface area (Å²) in [5.41, 5.74) is 7.60. The second kappa shape index (κ2) is 3.01. The van der Waals surface area contributed by atoms with Crippen molar-refractivity contribution in [3.8, 4) is 0 Å². The number of hydrogen-bond acceptors (Lipinski definition) is 3. The zero-order valence-electron chi connectivity index (χ0n) is 7.47. The van der Waals surface area contributed by atoms with Crippen LogP contribution in [-0.4, -0.2) is 11.9 Å². The highest BCUT2D eigenvalue weighted by molar-refractivity contribution is 5.47. The number of hydrogen-bond donors (Lipinski definition) is 1. The van der Waals surface area contributed by atoms with E-state index in [-0.39, 0.29) is 6.23 Å². The molecule has 0 radical (unpaired) electrons. The van der Waals surface area contributed by atoms with E-state index in [1.54, 1.807) is 6.26 Å². The van der Waals surface area contributed by atoms with Gasteiger partial charge in [-0.25, -0.2) is 0 Å². The van der Waals surface area contributed by atoms with Crippen LogP contribution in [0.2, 0.25) is 0 Å². The van der Waals surface area contributed by atoms with Gasteiger partial charge in [-0.3, -0.25) is 0 Å². The minimum absolute atomic E-state index is 0.0683. The van der Waals surface area contributed by atoms with Crippen LogP contribution < -0.4 is 5.73 Å². The zero-order chi connectivity index (χ0) is 9.26. The minimum atomic E-state index is -0.0683. The Morgan fingerprint density at radius 2 is 2.15 bits per heavy atom. The van der Waals surface area contributed by atoms with Crippen molar-refractivity contribution >= 4 is 5.69 Å². The fourth-order valence-electron chi connectivity index (χ4n) is 1.41. The summed E-state index contributed by atoms with van der Waals surface area (Å²) in [6, 6.07) is 7.73. The number of para-hydroxylation sites is 1. The maximum absolute atomic E-state index is 5.83. The third-order valence-electron chi connectivity index (χ3n) is 2.14. The Bertz CT molecular complexity index is 335. The molecule has 0 bridgehead atoms. The van der Waals surface area contributed by atoms with Crippen LogP contribution >= 0.6 is 0 Å². The summed E-state index contributed by atoms with van der Waals surface area (Å²) >= 11 is 0. The number of rotatable bonds is 1. The number of nitrogens with zero attached hydrogens (tertiary/aromatic N) is 1. The van der Waals surface area contributed by atoms with Gasteiger partial charge in [0.25, 0.3) is 0 Å². The van der Waals surface area contributed by atoms with E-state index in [0.29, 0.717) is 0 Å². The summed E-state index contributed by atoms with van der Waals surface area (Å²) in [4.78, 5) is 1.98. The monoisotopic (exact) mass is 176 g/mol. The third-order valence-corrected chi connectivity index (χ3v) is 2.14. The number of nitrogen functional groups attached to an aromatic ring is 1. The molecule has 0 saturated carbocycles. The van der Waals surface area contributed by atoms with Gasteiger partial charge in [0.1, 0.15) is 6.26 Å². The Hall–Kier alpha value is -1.64. The van der Waals surface area contributed by atoms with Gasteiger partial charge < -0.3 is 15.4 Å². The molecule has 1 aromatic rings. The first kappa shape index (κ1) is 7.98. The fourth-order valence-corrected chi connectivity index (χ4v) is 1.41. The van der Waals surface area contributed by atoms with Crippen molar-refractivity contribution in [2.24, 2.45) is 0 Å². The number of benzene rings is 1. The molecule has 1 aliphatic rings. The maximum Gasteiger partial charge on any atom is 0.199 e. The summed E-state index contributed by atoms with van der Waals surface area (Å²) in [5.74, 6) is 0. The third kappa shape index (κ3) is 1.33. The molecule has 1 heterocycles. The SMILES string of the molecule is CN1C=COC1c1ccccc1N. The van der Waals surface area contributed by atoms with Crippen molar-refractivity contribution in [3.63, 3.8) is 0 Å². The van der Waals surface area contributed by atoms with Gasteiger partial charge in [0.2, 0.25) is 0 Å². The van der Waals surface area contributed by atoms with E-state index in [1.165, 1.54) is 0 Å². The van der Waals surface area contributed by atoms with Gasteiger partial charge in [-0.15, -0.1) is 0 Å². The van der Waals surface area contributed by atoms with Crippen LogP contribution in [-0.2, 0) is 4.74 Å². The molecule has 0 aliphatic carbocycles. The van der Waals surface area contributed by atoms with Crippen molar-refractivity contribution in [2.75, 3.05) is 12.8 Å². The molecule has 13 heavy (non-hydrogen) atoms. The number of ether oxygens (including phenoxy) is 1. The van der Waals surface area contributed by atoms with E-state index in [1.807, 2.05) is 42.4 Å². The molecular weight excluding hydrogens is 164 g/mol. The lowest BCUT2D eigenvalue weighted by Crippen LogP contribution is -2.16. The lowest BCUT2D eigenvalue weighted by molar-refractivity contribution is 0.0736. The van der Waals surface area contributed by atoms with Crippen LogP contribution in [0.3, 0.4) is 0 Å². The second-order valence-corrected chi connectivity index (χ2v) is 3.07. The molecule has 2 N–H and O–H groups in total. The van der Waals surface area contributed by atoms with Crippen LogP contribution in [0.5, 0.6) is 0 Å². The molecule has 1 aliphatic heterocycles. The average Bonchev–Trinajstić information content (AvgIpc) is 2.52. The molecule has 0 aromatic heterocycles. The van der Waals surface area contributed by atoms with Gasteiger partial charge in [-0.05, 0) is 6.07 Å². The van der Waals surface area contributed by atoms with Crippen LogP contribution in [0.1, 0.15) is 11.8 Å². The first-order valence-electron chi connectivity index (χ1n) is 4.17. The van der Waals surface area contributed by atoms with Gasteiger partial charge in [-0.2, -0.15) is 0 Å². The summed E-state index contributed by atoms with van der Waals surface area (Å²) in [6.07, 6.45) is 3.50. The Morgan fingerprint density at radius 1 is 1.38 bits per heavy atom. The highest BCUT2D eigenvalue weighted by atomic mass is 16.5. The minimum Gasteiger partial charge on any atom is -0.472 e. The van der Waals surface area contributed by atoms with Gasteiger partial charge in [0.15, 0.2) is 6.23 Å². The molecular formula is C10H12N2O. The summed E-state index contributed by atoms with van der Waals surface area (Å²) in [5, 5.41) is 0. The van der Waals surface area contributed by atoms with Gasteiger partial charge in [0, 0.05) is 24.5 Å². The molecule has 2 rings (SSSR count). The Labute approximate surface area is 77.4 Å². The molecule has 3 nitrogen and oxygen atoms in total. The first-order chi connectivity index (χ1) is 6.29. The summed E-state index contributed by atoms with van der Waals surface area (Å²) < 4.78 is 5.40. The van der Waals surface area contributed by atoms with E-state index < -0.39 is 0 Å². The smallest absolute Gasteiger partial charge is 0.199 e. The van der Waals surface area contributed by atoms with E-state index in [0.717, 1.165) is 11.3 Å².